The second kappa shape index (κ2) is 8.55. The summed E-state index contributed by atoms with van der Waals surface area (Å²) in [5, 5.41) is 3.64. The molecular formula is C27H22N2O3. The molecule has 0 unspecified atom stereocenters. The lowest BCUT2D eigenvalue weighted by molar-refractivity contribution is 0.112. The summed E-state index contributed by atoms with van der Waals surface area (Å²) in [6.45, 7) is 0.614. The van der Waals surface area contributed by atoms with Gasteiger partial charge in [0, 0.05) is 35.1 Å². The predicted molar refractivity (Wildman–Crippen MR) is 126 cm³/mol. The summed E-state index contributed by atoms with van der Waals surface area (Å²) in [6.07, 6.45) is 5.82. The van der Waals surface area contributed by atoms with Crippen molar-refractivity contribution in [2.24, 2.45) is 0 Å². The smallest absolute Gasteiger partial charge is 0.407 e. The number of nitrogens with one attached hydrogen (secondary N) is 2. The second-order valence-corrected chi connectivity index (χ2v) is 7.74. The second-order valence-electron chi connectivity index (χ2n) is 7.74. The maximum atomic E-state index is 12.3. The third-order valence-electron chi connectivity index (χ3n) is 5.90. The van der Waals surface area contributed by atoms with E-state index in [-0.39, 0.29) is 12.5 Å². The van der Waals surface area contributed by atoms with E-state index in [1.165, 1.54) is 22.3 Å². The Bertz CT molecular complexity index is 1290. The molecule has 5 heteroatoms. The average Bonchev–Trinajstić information content (AvgIpc) is 3.40. The molecule has 1 heterocycles. The Morgan fingerprint density at radius 1 is 0.938 bits per heavy atom. The van der Waals surface area contributed by atoms with Crippen LogP contribution in [-0.2, 0) is 4.74 Å². The van der Waals surface area contributed by atoms with Gasteiger partial charge in [-0.3, -0.25) is 4.79 Å². The van der Waals surface area contributed by atoms with Crippen molar-refractivity contribution in [1.29, 1.82) is 0 Å². The van der Waals surface area contributed by atoms with Gasteiger partial charge in [-0.15, -0.1) is 0 Å². The molecule has 5 nitrogen and oxygen atoms in total. The highest BCUT2D eigenvalue weighted by molar-refractivity contribution is 6.01. The highest BCUT2D eigenvalue weighted by Gasteiger charge is 2.28. The zero-order valence-electron chi connectivity index (χ0n) is 17.4. The fraction of sp³-hybridized carbons (Fsp3) is 0.111. The van der Waals surface area contributed by atoms with Crippen LogP contribution in [0.2, 0.25) is 0 Å². The molecule has 1 amide bonds. The minimum atomic E-state index is -0.454. The number of ether oxygens (including phenoxy) is 1. The number of benzene rings is 3. The van der Waals surface area contributed by atoms with Gasteiger partial charge in [-0.1, -0.05) is 72.8 Å². The van der Waals surface area contributed by atoms with Gasteiger partial charge < -0.3 is 15.0 Å². The molecule has 5 rings (SSSR count). The highest BCUT2D eigenvalue weighted by Crippen LogP contribution is 2.44. The molecule has 0 atom stereocenters. The maximum Gasteiger partial charge on any atom is 0.407 e. The fourth-order valence-electron chi connectivity index (χ4n) is 4.45. The van der Waals surface area contributed by atoms with E-state index in [4.69, 9.17) is 4.74 Å². The van der Waals surface area contributed by atoms with Crippen LogP contribution in [0.5, 0.6) is 0 Å². The van der Waals surface area contributed by atoms with Crippen LogP contribution in [-0.4, -0.2) is 30.5 Å². The zero-order valence-corrected chi connectivity index (χ0v) is 17.4. The Kier molecular flexibility index (Phi) is 5.30. The number of amides is 1. The van der Waals surface area contributed by atoms with Crippen molar-refractivity contribution in [3.8, 4) is 11.1 Å². The summed E-state index contributed by atoms with van der Waals surface area (Å²) in [7, 11) is 0. The number of aromatic nitrogens is 1. The predicted octanol–water partition coefficient (Wildman–Crippen LogP) is 5.53. The normalized spacial score (nSPS) is 12.6. The van der Waals surface area contributed by atoms with Crippen molar-refractivity contribution < 1.29 is 14.3 Å². The molecule has 0 bridgehead atoms. The van der Waals surface area contributed by atoms with E-state index in [1.54, 1.807) is 6.20 Å². The number of hydrogen-bond acceptors (Lipinski definition) is 3. The quantitative estimate of drug-likeness (QED) is 0.401. The van der Waals surface area contributed by atoms with Gasteiger partial charge in [-0.25, -0.2) is 4.79 Å². The number of H-pyrrole nitrogens is 1. The summed E-state index contributed by atoms with van der Waals surface area (Å²) in [4.78, 5) is 26.6. The van der Waals surface area contributed by atoms with Gasteiger partial charge in [0.2, 0.25) is 0 Å². The number of rotatable bonds is 6. The van der Waals surface area contributed by atoms with Gasteiger partial charge >= 0.3 is 6.09 Å². The fourth-order valence-corrected chi connectivity index (χ4v) is 4.45. The summed E-state index contributed by atoms with van der Waals surface area (Å²) in [5.74, 6) is 0.0386. The number of alkyl carbamates (subject to hydrolysis) is 1. The van der Waals surface area contributed by atoms with Crippen molar-refractivity contribution in [2.45, 2.75) is 5.92 Å². The monoisotopic (exact) mass is 422 g/mol. The molecule has 0 saturated heterocycles. The minimum absolute atomic E-state index is 0.0386. The lowest BCUT2D eigenvalue weighted by Crippen LogP contribution is -2.26. The number of fused-ring (bicyclic) bond motifs is 4. The largest absolute Gasteiger partial charge is 0.449 e. The number of carbonyl (C=O) groups is 2. The minimum Gasteiger partial charge on any atom is -0.449 e. The summed E-state index contributed by atoms with van der Waals surface area (Å²) >= 11 is 0. The molecule has 1 aromatic heterocycles. The first-order valence-corrected chi connectivity index (χ1v) is 10.6. The van der Waals surface area contributed by atoms with Gasteiger partial charge in [0.15, 0.2) is 6.29 Å². The van der Waals surface area contributed by atoms with Gasteiger partial charge in [0.1, 0.15) is 6.61 Å². The van der Waals surface area contributed by atoms with E-state index in [1.807, 2.05) is 54.6 Å². The van der Waals surface area contributed by atoms with Gasteiger partial charge in [0.25, 0.3) is 0 Å². The van der Waals surface area contributed by atoms with Crippen molar-refractivity contribution in [1.82, 2.24) is 10.3 Å². The van der Waals surface area contributed by atoms with Crippen LogP contribution < -0.4 is 5.32 Å². The van der Waals surface area contributed by atoms with Crippen molar-refractivity contribution in [3.63, 3.8) is 0 Å². The van der Waals surface area contributed by atoms with Crippen LogP contribution in [0.25, 0.3) is 28.1 Å². The lowest BCUT2D eigenvalue weighted by Gasteiger charge is -2.14. The molecular weight excluding hydrogens is 400 g/mol. The molecule has 0 spiro atoms. The van der Waals surface area contributed by atoms with Crippen LogP contribution in [0.3, 0.4) is 0 Å². The van der Waals surface area contributed by atoms with E-state index in [9.17, 15) is 9.59 Å². The average molecular weight is 422 g/mol. The van der Waals surface area contributed by atoms with Gasteiger partial charge in [-0.05, 0) is 33.9 Å². The molecule has 158 valence electrons. The molecule has 0 fully saturated rings. The number of carbonyl (C=O) groups excluding carboxylic acids is 2. The van der Waals surface area contributed by atoms with Crippen molar-refractivity contribution in [3.05, 3.63) is 101 Å². The molecule has 0 radical (unpaired) electrons. The lowest BCUT2D eigenvalue weighted by atomic mass is 9.98. The van der Waals surface area contributed by atoms with Gasteiger partial charge in [-0.2, -0.15) is 0 Å². The molecule has 0 aliphatic heterocycles. The van der Waals surface area contributed by atoms with Crippen LogP contribution in [0.15, 0.2) is 79.0 Å². The molecule has 1 aliphatic carbocycles. The Hall–Kier alpha value is -4.12. The van der Waals surface area contributed by atoms with Crippen LogP contribution in [0.1, 0.15) is 33.0 Å². The van der Waals surface area contributed by atoms with E-state index >= 15 is 0 Å². The Labute approximate surface area is 185 Å². The first-order chi connectivity index (χ1) is 15.8. The van der Waals surface area contributed by atoms with E-state index in [0.29, 0.717) is 12.1 Å². The molecule has 32 heavy (non-hydrogen) atoms. The Morgan fingerprint density at radius 3 is 2.38 bits per heavy atom. The number of aldehydes is 1. The van der Waals surface area contributed by atoms with Gasteiger partial charge in [0.05, 0.1) is 0 Å². The standard InChI is InChI=1S/C27H22N2O3/c30-16-19-15-29-25-13-5-7-18(26(19)25)8-6-14-28-27(31)32-17-24-22-11-3-1-9-20(22)21-10-2-4-12-23(21)24/h1-13,15-16,24,29H,14,17H2,(H,28,31). The molecule has 0 saturated carbocycles. The zero-order chi connectivity index (χ0) is 21.9. The van der Waals surface area contributed by atoms with E-state index in [0.717, 1.165) is 22.8 Å². The topological polar surface area (TPSA) is 71.2 Å². The Morgan fingerprint density at radius 2 is 1.66 bits per heavy atom. The Balaban J connectivity index is 1.21. The van der Waals surface area contributed by atoms with Crippen molar-refractivity contribution in [2.75, 3.05) is 13.2 Å². The van der Waals surface area contributed by atoms with Crippen LogP contribution in [0, 0.1) is 0 Å². The molecule has 4 aromatic rings. The first kappa shape index (κ1) is 19.8. The summed E-state index contributed by atoms with van der Waals surface area (Å²) in [6, 6.07) is 22.3. The summed E-state index contributed by atoms with van der Waals surface area (Å²) < 4.78 is 5.55. The molecule has 2 N–H and O–H groups in total. The number of aromatic amines is 1. The van der Waals surface area contributed by atoms with E-state index < -0.39 is 6.09 Å². The van der Waals surface area contributed by atoms with Crippen LogP contribution >= 0.6 is 0 Å². The highest BCUT2D eigenvalue weighted by atomic mass is 16.5. The first-order valence-electron chi connectivity index (χ1n) is 10.6. The van der Waals surface area contributed by atoms with E-state index in [2.05, 4.69) is 34.6 Å². The summed E-state index contributed by atoms with van der Waals surface area (Å²) in [5.41, 5.74) is 7.21. The molecule has 1 aliphatic rings. The SMILES string of the molecule is O=Cc1c[nH]c2cccc(C=CCNC(=O)OCC3c4ccccc4-c4ccccc43)c12. The maximum absolute atomic E-state index is 12.3. The number of hydrogen-bond donors (Lipinski definition) is 2. The third kappa shape index (κ3) is 3.58. The molecule has 3 aromatic carbocycles. The van der Waals surface area contributed by atoms with Crippen molar-refractivity contribution >= 4 is 29.4 Å². The third-order valence-corrected chi connectivity index (χ3v) is 5.90. The van der Waals surface area contributed by atoms with Crippen LogP contribution in [0.4, 0.5) is 4.79 Å².